The Labute approximate surface area is 92.6 Å². The van der Waals surface area contributed by atoms with Crippen molar-refractivity contribution in [1.29, 1.82) is 0 Å². The van der Waals surface area contributed by atoms with Gasteiger partial charge in [-0.25, -0.2) is 0 Å². The van der Waals surface area contributed by atoms with E-state index < -0.39 is 0 Å². The summed E-state index contributed by atoms with van der Waals surface area (Å²) in [5.41, 5.74) is 1.34. The lowest BCUT2D eigenvalue weighted by atomic mass is 10.2. The fourth-order valence-electron chi connectivity index (χ4n) is 0.918. The molecule has 1 aromatic carbocycles. The Hall–Kier alpha value is 0.01000. The van der Waals surface area contributed by atoms with E-state index in [4.69, 9.17) is 0 Å². The Kier molecular flexibility index (Phi) is 4.84. The first-order valence-electron chi connectivity index (χ1n) is 4.30. The van der Waals surface area contributed by atoms with Gasteiger partial charge in [-0.05, 0) is 31.5 Å². The summed E-state index contributed by atoms with van der Waals surface area (Å²) in [6, 6.07) is 8.94. The van der Waals surface area contributed by atoms with Crippen LogP contribution in [0, 0.1) is 0 Å². The van der Waals surface area contributed by atoms with Crippen molar-refractivity contribution in [3.05, 3.63) is 34.3 Å². The van der Waals surface area contributed by atoms with Crippen LogP contribution >= 0.6 is 27.9 Å². The van der Waals surface area contributed by atoms with Gasteiger partial charge >= 0.3 is 0 Å². The minimum absolute atomic E-state index is 0.539. The monoisotopic (exact) mass is 259 g/mol. The van der Waals surface area contributed by atoms with E-state index in [9.17, 15) is 0 Å². The van der Waals surface area contributed by atoms with E-state index >= 15 is 0 Å². The molecule has 0 fully saturated rings. The number of hydrogen-bond acceptors (Lipinski definition) is 2. The molecule has 1 rings (SSSR count). The van der Waals surface area contributed by atoms with Gasteiger partial charge in [0.05, 0.1) is 0 Å². The van der Waals surface area contributed by atoms with Crippen LogP contribution in [0.1, 0.15) is 19.4 Å². The third-order valence-corrected chi connectivity index (χ3v) is 3.06. The molecule has 1 nitrogen and oxygen atoms in total. The van der Waals surface area contributed by atoms with Gasteiger partial charge in [-0.3, -0.25) is 4.72 Å². The predicted octanol–water partition coefficient (Wildman–Crippen LogP) is 3.60. The second-order valence-electron chi connectivity index (χ2n) is 3.19. The molecule has 0 radical (unpaired) electrons. The van der Waals surface area contributed by atoms with Crippen LogP contribution in [-0.4, -0.2) is 6.04 Å². The number of rotatable bonds is 4. The molecule has 0 heterocycles. The van der Waals surface area contributed by atoms with E-state index in [1.807, 2.05) is 6.07 Å². The maximum absolute atomic E-state index is 3.45. The highest BCUT2D eigenvalue weighted by Crippen LogP contribution is 2.15. The van der Waals surface area contributed by atoms with Gasteiger partial charge in [0.1, 0.15) is 0 Å². The van der Waals surface area contributed by atoms with E-state index in [1.165, 1.54) is 5.56 Å². The summed E-state index contributed by atoms with van der Waals surface area (Å²) in [6.07, 6.45) is 0. The highest BCUT2D eigenvalue weighted by molar-refractivity contribution is 9.10. The first kappa shape index (κ1) is 11.1. The minimum Gasteiger partial charge on any atom is -0.261 e. The zero-order valence-corrected chi connectivity index (χ0v) is 10.3. The highest BCUT2D eigenvalue weighted by Gasteiger charge is 1.95. The zero-order valence-electron chi connectivity index (χ0n) is 7.88. The van der Waals surface area contributed by atoms with Gasteiger partial charge in [0, 0.05) is 16.3 Å². The van der Waals surface area contributed by atoms with Crippen LogP contribution in [0.2, 0.25) is 0 Å². The fraction of sp³-hybridized carbons (Fsp3) is 0.400. The number of benzene rings is 1. The summed E-state index contributed by atoms with van der Waals surface area (Å²) in [4.78, 5) is 0. The van der Waals surface area contributed by atoms with Crippen molar-refractivity contribution < 1.29 is 0 Å². The quantitative estimate of drug-likeness (QED) is 0.830. The van der Waals surface area contributed by atoms with E-state index in [2.05, 4.69) is 52.7 Å². The predicted molar refractivity (Wildman–Crippen MR) is 63.7 cm³/mol. The number of hydrogen-bond donors (Lipinski definition) is 1. The summed E-state index contributed by atoms with van der Waals surface area (Å²) in [5, 5.41) is 0. The molecule has 0 spiro atoms. The van der Waals surface area contributed by atoms with Gasteiger partial charge in [-0.2, -0.15) is 0 Å². The van der Waals surface area contributed by atoms with Crippen LogP contribution in [0.25, 0.3) is 0 Å². The molecule has 3 heteroatoms. The first-order valence-corrected chi connectivity index (χ1v) is 6.08. The Balaban J connectivity index is 2.37. The molecule has 13 heavy (non-hydrogen) atoms. The standard InChI is InChI=1S/C10H14BrNS/c1-8(2)12-13-7-9-4-3-5-10(11)6-9/h3-6,8,12H,7H2,1-2H3. The lowest BCUT2D eigenvalue weighted by molar-refractivity contribution is 0.770. The summed E-state index contributed by atoms with van der Waals surface area (Å²) in [7, 11) is 0. The van der Waals surface area contributed by atoms with Gasteiger partial charge in [0.25, 0.3) is 0 Å². The molecule has 0 saturated carbocycles. The molecule has 72 valence electrons. The smallest absolute Gasteiger partial charge is 0.0330 e. The van der Waals surface area contributed by atoms with E-state index in [-0.39, 0.29) is 0 Å². The Morgan fingerprint density at radius 1 is 1.46 bits per heavy atom. The molecule has 0 aliphatic rings. The average molecular weight is 260 g/mol. The second kappa shape index (κ2) is 5.68. The lowest BCUT2D eigenvalue weighted by Gasteiger charge is -2.06. The highest BCUT2D eigenvalue weighted by atomic mass is 79.9. The fourth-order valence-corrected chi connectivity index (χ4v) is 2.13. The van der Waals surface area contributed by atoms with E-state index in [0.29, 0.717) is 6.04 Å². The molecular weight excluding hydrogens is 246 g/mol. The molecule has 0 atom stereocenters. The van der Waals surface area contributed by atoms with Crippen LogP contribution in [-0.2, 0) is 5.75 Å². The van der Waals surface area contributed by atoms with E-state index in [1.54, 1.807) is 11.9 Å². The van der Waals surface area contributed by atoms with Crippen LogP contribution in [0.15, 0.2) is 28.7 Å². The third kappa shape index (κ3) is 4.69. The molecule has 1 N–H and O–H groups in total. The van der Waals surface area contributed by atoms with Crippen molar-refractivity contribution in [2.75, 3.05) is 0 Å². The van der Waals surface area contributed by atoms with Crippen molar-refractivity contribution in [3.63, 3.8) is 0 Å². The normalized spacial score (nSPS) is 10.8. The molecule has 0 unspecified atom stereocenters. The third-order valence-electron chi connectivity index (χ3n) is 1.45. The van der Waals surface area contributed by atoms with Gasteiger partial charge in [0.2, 0.25) is 0 Å². The first-order chi connectivity index (χ1) is 6.18. The molecule has 0 aliphatic heterocycles. The maximum atomic E-state index is 3.45. The minimum atomic E-state index is 0.539. The Morgan fingerprint density at radius 2 is 2.23 bits per heavy atom. The second-order valence-corrected chi connectivity index (χ2v) is 4.92. The topological polar surface area (TPSA) is 12.0 Å². The summed E-state index contributed by atoms with van der Waals surface area (Å²) in [5.74, 6) is 1.01. The summed E-state index contributed by atoms with van der Waals surface area (Å²) in [6.45, 7) is 4.29. The summed E-state index contributed by atoms with van der Waals surface area (Å²) < 4.78 is 4.46. The molecule has 0 aliphatic carbocycles. The van der Waals surface area contributed by atoms with E-state index in [0.717, 1.165) is 10.2 Å². The molecule has 0 bridgehead atoms. The largest absolute Gasteiger partial charge is 0.261 e. The van der Waals surface area contributed by atoms with Gasteiger partial charge in [0.15, 0.2) is 0 Å². The molecular formula is C10H14BrNS. The van der Waals surface area contributed by atoms with Crippen molar-refractivity contribution in [1.82, 2.24) is 4.72 Å². The SMILES string of the molecule is CC(C)NSCc1cccc(Br)c1. The molecule has 0 amide bonds. The Morgan fingerprint density at radius 3 is 2.85 bits per heavy atom. The van der Waals surface area contributed by atoms with Gasteiger partial charge in [-0.1, -0.05) is 40.0 Å². The number of halogens is 1. The van der Waals surface area contributed by atoms with Crippen molar-refractivity contribution in [3.8, 4) is 0 Å². The molecule has 0 aromatic heterocycles. The van der Waals surface area contributed by atoms with Gasteiger partial charge < -0.3 is 0 Å². The zero-order chi connectivity index (χ0) is 9.68. The Bertz CT molecular complexity index is 263. The van der Waals surface area contributed by atoms with Crippen LogP contribution < -0.4 is 4.72 Å². The van der Waals surface area contributed by atoms with Crippen molar-refractivity contribution >= 4 is 27.9 Å². The maximum Gasteiger partial charge on any atom is 0.0330 e. The average Bonchev–Trinajstić information content (AvgIpc) is 2.03. The van der Waals surface area contributed by atoms with Crippen molar-refractivity contribution in [2.24, 2.45) is 0 Å². The molecule has 0 saturated heterocycles. The van der Waals surface area contributed by atoms with Crippen LogP contribution in [0.5, 0.6) is 0 Å². The van der Waals surface area contributed by atoms with Crippen LogP contribution in [0.4, 0.5) is 0 Å². The van der Waals surface area contributed by atoms with Crippen LogP contribution in [0.3, 0.4) is 0 Å². The van der Waals surface area contributed by atoms with Crippen molar-refractivity contribution in [2.45, 2.75) is 25.6 Å². The number of nitrogens with one attached hydrogen (secondary N) is 1. The van der Waals surface area contributed by atoms with Gasteiger partial charge in [-0.15, -0.1) is 0 Å². The summed E-state index contributed by atoms with van der Waals surface area (Å²) >= 11 is 5.21. The molecule has 1 aromatic rings. The lowest BCUT2D eigenvalue weighted by Crippen LogP contribution is -2.14.